The van der Waals surface area contributed by atoms with E-state index in [9.17, 15) is 0 Å². The lowest BCUT2D eigenvalue weighted by atomic mass is 9.91. The Hall–Kier alpha value is 0. The predicted molar refractivity (Wildman–Crippen MR) is 59.5 cm³/mol. The summed E-state index contributed by atoms with van der Waals surface area (Å²) in [7, 11) is 0. The molecule has 76 valence electrons. The second-order valence-electron chi connectivity index (χ2n) is 3.69. The van der Waals surface area contributed by atoms with Gasteiger partial charge in [-0.1, -0.05) is 60.8 Å². The summed E-state index contributed by atoms with van der Waals surface area (Å²) >= 11 is 0. The smallest absolute Gasteiger partial charge is 0.0415 e. The Morgan fingerprint density at radius 3 is 1.75 bits per heavy atom. The van der Waals surface area contributed by atoms with E-state index in [1.165, 1.54) is 25.7 Å². The quantitative estimate of drug-likeness (QED) is 0.554. The van der Waals surface area contributed by atoms with Crippen LogP contribution >= 0.6 is 0 Å². The van der Waals surface area contributed by atoms with Crippen LogP contribution in [0.5, 0.6) is 0 Å². The summed E-state index contributed by atoms with van der Waals surface area (Å²) in [5, 5.41) is 0. The van der Waals surface area contributed by atoms with Gasteiger partial charge in [0.25, 0.3) is 0 Å². The maximum Gasteiger partial charge on any atom is -0.0415 e. The lowest BCUT2D eigenvalue weighted by Crippen LogP contribution is -2.02. The zero-order valence-electron chi connectivity index (χ0n) is 9.98. The van der Waals surface area contributed by atoms with Gasteiger partial charge in [-0.15, -0.1) is 0 Å². The van der Waals surface area contributed by atoms with Crippen LogP contribution in [0.15, 0.2) is 0 Å². The maximum absolute atomic E-state index is 2.32. The molecule has 0 aromatic rings. The monoisotopic (exact) mass is 172 g/mol. The highest BCUT2D eigenvalue weighted by Gasteiger charge is 2.06. The first-order valence-corrected chi connectivity index (χ1v) is 5.70. The standard InChI is InChI=1S/C10H22.C2H6/c1-5-7-10(6-2)8-9(3)4;1-2/h9-10H,5-8H2,1-4H3;1-2H3. The Kier molecular flexibility index (Phi) is 13.3. The van der Waals surface area contributed by atoms with Crippen LogP contribution in [0.4, 0.5) is 0 Å². The molecule has 0 amide bonds. The van der Waals surface area contributed by atoms with Crippen molar-refractivity contribution in [2.24, 2.45) is 11.8 Å². The number of hydrogen-bond acceptors (Lipinski definition) is 0. The number of rotatable bonds is 5. The molecule has 1 atom stereocenters. The lowest BCUT2D eigenvalue weighted by molar-refractivity contribution is 0.373. The summed E-state index contributed by atoms with van der Waals surface area (Å²) in [6.45, 7) is 13.2. The van der Waals surface area contributed by atoms with Crippen LogP contribution in [-0.4, -0.2) is 0 Å². The molecule has 0 aliphatic rings. The molecule has 0 aromatic heterocycles. The molecule has 0 rings (SSSR count). The van der Waals surface area contributed by atoms with E-state index < -0.39 is 0 Å². The van der Waals surface area contributed by atoms with Crippen molar-refractivity contribution in [3.05, 3.63) is 0 Å². The molecule has 1 unspecified atom stereocenters. The second kappa shape index (κ2) is 11.0. The molecule has 12 heavy (non-hydrogen) atoms. The summed E-state index contributed by atoms with van der Waals surface area (Å²) in [6, 6.07) is 0. The molecule has 0 aliphatic carbocycles. The van der Waals surface area contributed by atoms with E-state index in [2.05, 4.69) is 27.7 Å². The van der Waals surface area contributed by atoms with E-state index in [-0.39, 0.29) is 0 Å². The Balaban J connectivity index is 0. The molecule has 0 N–H and O–H groups in total. The van der Waals surface area contributed by atoms with Crippen LogP contribution < -0.4 is 0 Å². The van der Waals surface area contributed by atoms with E-state index in [1.54, 1.807) is 0 Å². The first kappa shape index (κ1) is 14.5. The molecule has 0 heteroatoms. The molecule has 0 bridgehead atoms. The minimum Gasteiger partial charge on any atom is -0.0683 e. The van der Waals surface area contributed by atoms with Crippen molar-refractivity contribution in [2.75, 3.05) is 0 Å². The minimum absolute atomic E-state index is 0.886. The van der Waals surface area contributed by atoms with Gasteiger partial charge in [-0.3, -0.25) is 0 Å². The van der Waals surface area contributed by atoms with Gasteiger partial charge in [0.1, 0.15) is 0 Å². The van der Waals surface area contributed by atoms with Crippen molar-refractivity contribution in [3.8, 4) is 0 Å². The SMILES string of the molecule is CC.CCCC(CC)CC(C)C. The molecule has 0 saturated carbocycles. The summed E-state index contributed by atoms with van der Waals surface area (Å²) in [5.74, 6) is 1.88. The van der Waals surface area contributed by atoms with Crippen molar-refractivity contribution < 1.29 is 0 Å². The normalized spacial score (nSPS) is 12.2. The van der Waals surface area contributed by atoms with Gasteiger partial charge >= 0.3 is 0 Å². The topological polar surface area (TPSA) is 0 Å². The molecule has 0 fully saturated rings. The van der Waals surface area contributed by atoms with Crippen molar-refractivity contribution in [3.63, 3.8) is 0 Å². The average Bonchev–Trinajstić information content (AvgIpc) is 2.07. The van der Waals surface area contributed by atoms with Gasteiger partial charge < -0.3 is 0 Å². The van der Waals surface area contributed by atoms with Gasteiger partial charge in [0.15, 0.2) is 0 Å². The Morgan fingerprint density at radius 2 is 1.50 bits per heavy atom. The van der Waals surface area contributed by atoms with E-state index in [4.69, 9.17) is 0 Å². The van der Waals surface area contributed by atoms with Crippen LogP contribution in [0.3, 0.4) is 0 Å². The molecule has 0 aromatic carbocycles. The van der Waals surface area contributed by atoms with Gasteiger partial charge in [0.05, 0.1) is 0 Å². The highest BCUT2D eigenvalue weighted by molar-refractivity contribution is 4.58. The molecule has 0 radical (unpaired) electrons. The Labute approximate surface area is 79.8 Å². The van der Waals surface area contributed by atoms with Crippen LogP contribution in [0.2, 0.25) is 0 Å². The third-order valence-electron chi connectivity index (χ3n) is 2.08. The highest BCUT2D eigenvalue weighted by Crippen LogP contribution is 2.19. The lowest BCUT2D eigenvalue weighted by Gasteiger charge is -2.15. The van der Waals surface area contributed by atoms with Gasteiger partial charge in [-0.2, -0.15) is 0 Å². The molecule has 0 spiro atoms. The molecule has 0 nitrogen and oxygen atoms in total. The van der Waals surface area contributed by atoms with Gasteiger partial charge in [-0.25, -0.2) is 0 Å². The number of hydrogen-bond donors (Lipinski definition) is 0. The molecule has 0 heterocycles. The third-order valence-corrected chi connectivity index (χ3v) is 2.08. The summed E-state index contributed by atoms with van der Waals surface area (Å²) in [6.07, 6.45) is 5.57. The summed E-state index contributed by atoms with van der Waals surface area (Å²) < 4.78 is 0. The van der Waals surface area contributed by atoms with Crippen LogP contribution in [-0.2, 0) is 0 Å². The highest BCUT2D eigenvalue weighted by atomic mass is 14.1. The minimum atomic E-state index is 0.886. The van der Waals surface area contributed by atoms with E-state index >= 15 is 0 Å². The van der Waals surface area contributed by atoms with Crippen molar-refractivity contribution in [1.29, 1.82) is 0 Å². The second-order valence-corrected chi connectivity index (χ2v) is 3.69. The van der Waals surface area contributed by atoms with Crippen LogP contribution in [0.1, 0.15) is 67.2 Å². The van der Waals surface area contributed by atoms with E-state index in [0.29, 0.717) is 0 Å². The predicted octanol–water partition coefficient (Wildman–Crippen LogP) is 4.89. The molecular weight excluding hydrogens is 144 g/mol. The summed E-state index contributed by atoms with van der Waals surface area (Å²) in [4.78, 5) is 0. The van der Waals surface area contributed by atoms with Crippen molar-refractivity contribution in [2.45, 2.75) is 67.2 Å². The van der Waals surface area contributed by atoms with Crippen molar-refractivity contribution >= 4 is 0 Å². The van der Waals surface area contributed by atoms with Gasteiger partial charge in [-0.05, 0) is 18.3 Å². The zero-order valence-corrected chi connectivity index (χ0v) is 9.98. The fraction of sp³-hybridized carbons (Fsp3) is 1.00. The fourth-order valence-electron chi connectivity index (χ4n) is 1.56. The molecule has 0 saturated heterocycles. The largest absolute Gasteiger partial charge is 0.0683 e. The molecular formula is C12H28. The maximum atomic E-state index is 2.32. The van der Waals surface area contributed by atoms with Gasteiger partial charge in [0.2, 0.25) is 0 Å². The Morgan fingerprint density at radius 1 is 1.00 bits per heavy atom. The summed E-state index contributed by atoms with van der Waals surface area (Å²) in [5.41, 5.74) is 0. The van der Waals surface area contributed by atoms with E-state index in [1.807, 2.05) is 13.8 Å². The fourth-order valence-corrected chi connectivity index (χ4v) is 1.56. The van der Waals surface area contributed by atoms with E-state index in [0.717, 1.165) is 11.8 Å². The van der Waals surface area contributed by atoms with Crippen LogP contribution in [0, 0.1) is 11.8 Å². The first-order chi connectivity index (χ1) is 5.70. The molecule has 0 aliphatic heterocycles. The van der Waals surface area contributed by atoms with Crippen molar-refractivity contribution in [1.82, 2.24) is 0 Å². The average molecular weight is 172 g/mol. The zero-order chi connectivity index (χ0) is 9.98. The van der Waals surface area contributed by atoms with Crippen LogP contribution in [0.25, 0.3) is 0 Å². The first-order valence-electron chi connectivity index (χ1n) is 5.70. The van der Waals surface area contributed by atoms with Gasteiger partial charge in [0, 0.05) is 0 Å². The Bertz CT molecular complexity index is 64.4. The third kappa shape index (κ3) is 10.0.